The first-order chi connectivity index (χ1) is 13.9. The van der Waals surface area contributed by atoms with Crippen LogP contribution in [0.3, 0.4) is 0 Å². The maximum Gasteiger partial charge on any atom is 0.189 e. The van der Waals surface area contributed by atoms with E-state index in [1.165, 1.54) is 0 Å². The van der Waals surface area contributed by atoms with Gasteiger partial charge in [0.25, 0.3) is 0 Å². The number of carbonyl (C=O) groups excluding carboxylic acids is 3. The van der Waals surface area contributed by atoms with E-state index in [4.69, 9.17) is 61.3 Å². The summed E-state index contributed by atoms with van der Waals surface area (Å²) in [7, 11) is 0. The number of aliphatic hydroxyl groups excluding tert-OH is 12. The topological polar surface area (TPSA) is 294 Å². The fraction of sp³-hybridized carbons (Fsp3) is 0.800. The Morgan fingerprint density at radius 3 is 1.10 bits per heavy atom. The molecule has 0 aliphatic heterocycles. The zero-order chi connectivity index (χ0) is 24.4. The van der Waals surface area contributed by atoms with Crippen LogP contribution in [0.2, 0.25) is 0 Å². The van der Waals surface area contributed by atoms with Gasteiger partial charge in [0.2, 0.25) is 0 Å². The molecule has 0 aromatic carbocycles. The van der Waals surface area contributed by atoms with Crippen molar-refractivity contribution in [3.63, 3.8) is 0 Å². The number of rotatable bonds is 12. The van der Waals surface area contributed by atoms with Crippen molar-refractivity contribution in [2.24, 2.45) is 0 Å². The maximum absolute atomic E-state index is 10.3. The molecule has 0 heterocycles. The first kappa shape index (κ1) is 33.2. The number of ketones is 1. The predicted octanol–water partition coefficient (Wildman–Crippen LogP) is -8.22. The molecule has 0 radical (unpaired) electrons. The molecule has 0 unspecified atom stereocenters. The second-order valence-corrected chi connectivity index (χ2v) is 5.55. The second-order valence-electron chi connectivity index (χ2n) is 5.55. The van der Waals surface area contributed by atoms with Gasteiger partial charge in [-0.15, -0.1) is 0 Å². The van der Waals surface area contributed by atoms with Gasteiger partial charge in [-0.05, 0) is 0 Å². The Morgan fingerprint density at radius 2 is 0.900 bits per heavy atom. The molecule has 0 saturated heterocycles. The average molecular weight is 450 g/mol. The lowest BCUT2D eigenvalue weighted by Crippen LogP contribution is -2.40. The van der Waals surface area contributed by atoms with Crippen molar-refractivity contribution < 1.29 is 75.7 Å². The molecule has 0 aliphatic carbocycles. The Morgan fingerprint density at radius 1 is 0.600 bits per heavy atom. The van der Waals surface area contributed by atoms with E-state index in [0.29, 0.717) is 0 Å². The van der Waals surface area contributed by atoms with Crippen molar-refractivity contribution >= 4 is 18.4 Å². The largest absolute Gasteiger partial charge is 0.394 e. The Kier molecular flexibility index (Phi) is 21.6. The summed E-state index contributed by atoms with van der Waals surface area (Å²) < 4.78 is 0. The Balaban J connectivity index is -0.000000364. The molecule has 15 heteroatoms. The van der Waals surface area contributed by atoms with Gasteiger partial charge in [0.05, 0.1) is 19.8 Å². The van der Waals surface area contributed by atoms with Crippen molar-refractivity contribution in [3.8, 4) is 0 Å². The lowest BCUT2D eigenvalue weighted by Gasteiger charge is -2.16. The van der Waals surface area contributed by atoms with Gasteiger partial charge in [0.1, 0.15) is 55.4 Å². The monoisotopic (exact) mass is 450 g/mol. The fourth-order valence-corrected chi connectivity index (χ4v) is 1.24. The summed E-state index contributed by atoms with van der Waals surface area (Å²) in [6, 6.07) is 0. The number of hydrogen-bond donors (Lipinski definition) is 12. The van der Waals surface area contributed by atoms with Crippen LogP contribution in [-0.2, 0) is 14.4 Å². The molecule has 0 rings (SSSR count). The predicted molar refractivity (Wildman–Crippen MR) is 93.5 cm³/mol. The van der Waals surface area contributed by atoms with Crippen molar-refractivity contribution in [3.05, 3.63) is 0 Å². The number of aldehydes is 2. The third-order valence-electron chi connectivity index (χ3n) is 3.18. The summed E-state index contributed by atoms with van der Waals surface area (Å²) >= 11 is 0. The lowest BCUT2D eigenvalue weighted by atomic mass is 10.1. The minimum Gasteiger partial charge on any atom is -0.394 e. The Labute approximate surface area is 170 Å². The maximum atomic E-state index is 10.3. The molecule has 0 bridgehead atoms. The van der Waals surface area contributed by atoms with Crippen LogP contribution in [-0.4, -0.2) is 155 Å². The summed E-state index contributed by atoms with van der Waals surface area (Å²) in [5.41, 5.74) is 0. The van der Waals surface area contributed by atoms with E-state index in [1.54, 1.807) is 0 Å². The number of Topliss-reactive ketones (excluding diaryl/α,β-unsaturated/α-hetero) is 1. The highest BCUT2D eigenvalue weighted by Crippen LogP contribution is 1.97. The molecule has 0 amide bonds. The van der Waals surface area contributed by atoms with E-state index in [0.717, 1.165) is 0 Å². The van der Waals surface area contributed by atoms with Gasteiger partial charge >= 0.3 is 0 Å². The van der Waals surface area contributed by atoms with Gasteiger partial charge in [-0.25, -0.2) is 0 Å². The van der Waals surface area contributed by atoms with Crippen LogP contribution in [0.1, 0.15) is 0 Å². The van der Waals surface area contributed by atoms with E-state index in [1.807, 2.05) is 0 Å². The molecular formula is C15H30O15. The Hall–Kier alpha value is -1.47. The molecule has 8 atom stereocenters. The number of hydrogen-bond acceptors (Lipinski definition) is 15. The molecule has 30 heavy (non-hydrogen) atoms. The summed E-state index contributed by atoms with van der Waals surface area (Å²) in [6.45, 7) is -2.91. The van der Waals surface area contributed by atoms with Crippen LogP contribution >= 0.6 is 0 Å². The van der Waals surface area contributed by atoms with Gasteiger partial charge in [-0.2, -0.15) is 0 Å². The van der Waals surface area contributed by atoms with Gasteiger partial charge in [-0.1, -0.05) is 0 Å². The minimum absolute atomic E-state index is 0.0869. The van der Waals surface area contributed by atoms with Crippen molar-refractivity contribution in [2.75, 3.05) is 26.4 Å². The number of aliphatic hydroxyl groups is 12. The average Bonchev–Trinajstić information content (AvgIpc) is 2.79. The van der Waals surface area contributed by atoms with E-state index in [9.17, 15) is 14.4 Å². The third kappa shape index (κ3) is 14.5. The summed E-state index contributed by atoms with van der Waals surface area (Å²) in [6.07, 6.45) is -12.4. The Bertz CT molecular complexity index is 422. The van der Waals surface area contributed by atoms with Crippen LogP contribution in [0.4, 0.5) is 0 Å². The van der Waals surface area contributed by atoms with E-state index in [2.05, 4.69) is 0 Å². The van der Waals surface area contributed by atoms with Crippen molar-refractivity contribution in [1.29, 1.82) is 0 Å². The first-order valence-electron chi connectivity index (χ1n) is 8.21. The molecule has 0 saturated carbocycles. The van der Waals surface area contributed by atoms with E-state index >= 15 is 0 Å². The summed E-state index contributed by atoms with van der Waals surface area (Å²) in [4.78, 5) is 29.9. The van der Waals surface area contributed by atoms with Gasteiger partial charge in [-0.3, -0.25) is 4.79 Å². The summed E-state index contributed by atoms with van der Waals surface area (Å²) in [5, 5.41) is 102. The van der Waals surface area contributed by atoms with Gasteiger partial charge in [0.15, 0.2) is 18.4 Å². The second kappa shape index (κ2) is 19.5. The highest BCUT2D eigenvalue weighted by molar-refractivity contribution is 5.84. The quantitative estimate of drug-likeness (QED) is 0.123. The molecule has 0 fully saturated rings. The van der Waals surface area contributed by atoms with Crippen LogP contribution in [0, 0.1) is 0 Å². The fourth-order valence-electron chi connectivity index (χ4n) is 1.24. The van der Waals surface area contributed by atoms with Crippen LogP contribution in [0.5, 0.6) is 0 Å². The number of carbonyl (C=O) groups is 3. The molecule has 0 aromatic heterocycles. The van der Waals surface area contributed by atoms with Crippen LogP contribution in [0.25, 0.3) is 0 Å². The zero-order valence-corrected chi connectivity index (χ0v) is 15.7. The van der Waals surface area contributed by atoms with Gasteiger partial charge < -0.3 is 70.9 Å². The summed E-state index contributed by atoms with van der Waals surface area (Å²) in [5.74, 6) is -0.901. The third-order valence-corrected chi connectivity index (χ3v) is 3.18. The highest BCUT2D eigenvalue weighted by Gasteiger charge is 2.24. The first-order valence-corrected chi connectivity index (χ1v) is 8.21. The normalized spacial score (nSPS) is 18.5. The van der Waals surface area contributed by atoms with E-state index < -0.39 is 81.0 Å². The highest BCUT2D eigenvalue weighted by atomic mass is 16.4. The molecular weight excluding hydrogens is 420 g/mol. The molecule has 0 aliphatic rings. The van der Waals surface area contributed by atoms with Gasteiger partial charge in [0, 0.05) is 0 Å². The standard InChI is InChI=1S/3C5H10O5/c3*6-1-3(8)5(10)4(9)2-7/h3,5-8,10H,1-2H2;2*1,3-5,7-10H,2H2/t3-,5-;2*3-,4-,5+/m111/s1. The van der Waals surface area contributed by atoms with E-state index in [-0.39, 0.29) is 12.6 Å². The van der Waals surface area contributed by atoms with Crippen molar-refractivity contribution in [2.45, 2.75) is 48.8 Å². The van der Waals surface area contributed by atoms with Crippen molar-refractivity contribution in [1.82, 2.24) is 0 Å². The molecule has 0 aromatic rings. The SMILES string of the molecule is O=C(CO)[C@H](O)[C@H](O)CO.O=C[C@@H](O)[C@H](O)[C@H](O)CO.O=C[C@@H](O)[C@H](O)[C@H](O)CO. The smallest absolute Gasteiger partial charge is 0.189 e. The molecule has 180 valence electrons. The minimum atomic E-state index is -1.69. The molecule has 0 spiro atoms. The zero-order valence-electron chi connectivity index (χ0n) is 15.7. The molecule has 12 N–H and O–H groups in total. The van der Waals surface area contributed by atoms with Crippen LogP contribution in [0.15, 0.2) is 0 Å². The van der Waals surface area contributed by atoms with Crippen LogP contribution < -0.4 is 0 Å². The lowest BCUT2D eigenvalue weighted by molar-refractivity contribution is -0.137. The molecule has 15 nitrogen and oxygen atoms in total.